The fraction of sp³-hybridized carbons (Fsp3) is 0.0769. The van der Waals surface area contributed by atoms with E-state index >= 15 is 0 Å². The highest BCUT2D eigenvalue weighted by Gasteiger charge is 2.08. The highest BCUT2D eigenvalue weighted by molar-refractivity contribution is 9.12. The molecule has 0 fully saturated rings. The van der Waals surface area contributed by atoms with Gasteiger partial charge in [0.25, 0.3) is 0 Å². The number of nitrogens with one attached hydrogen (secondary N) is 1. The second-order valence-electron chi connectivity index (χ2n) is 3.59. The standard InChI is InChI=1S/C13H12BrN2/c14-12-4-2-1-3-11(12)9-5-7-10(8-6-9)13(15)16/h1,3-8H,2H2,(H3,15,16). The van der Waals surface area contributed by atoms with Gasteiger partial charge in [-0.05, 0) is 17.6 Å². The fourth-order valence-corrected chi connectivity index (χ4v) is 2.16. The summed E-state index contributed by atoms with van der Waals surface area (Å²) in [5, 5.41) is 7.33. The predicted octanol–water partition coefficient (Wildman–Crippen LogP) is 3.24. The lowest BCUT2D eigenvalue weighted by Crippen LogP contribution is -2.10. The van der Waals surface area contributed by atoms with Crippen molar-refractivity contribution in [3.8, 4) is 0 Å². The maximum absolute atomic E-state index is 7.33. The van der Waals surface area contributed by atoms with Crippen molar-refractivity contribution in [2.24, 2.45) is 5.73 Å². The molecular formula is C13H12BrN2. The lowest BCUT2D eigenvalue weighted by atomic mass is 9.98. The number of allylic oxidation sites excluding steroid dienone is 4. The summed E-state index contributed by atoms with van der Waals surface area (Å²) in [5.41, 5.74) is 8.46. The molecule has 2 rings (SSSR count). The van der Waals surface area contributed by atoms with Crippen molar-refractivity contribution in [2.45, 2.75) is 6.42 Å². The quantitative estimate of drug-likeness (QED) is 0.632. The molecule has 0 amide bonds. The number of hydrogen-bond donors (Lipinski definition) is 2. The van der Waals surface area contributed by atoms with Crippen molar-refractivity contribution in [3.05, 3.63) is 58.4 Å². The second kappa shape index (κ2) is 4.66. The van der Waals surface area contributed by atoms with E-state index < -0.39 is 0 Å². The number of nitrogen functional groups attached to an aromatic ring is 1. The number of rotatable bonds is 2. The Kier molecular flexibility index (Phi) is 3.25. The minimum absolute atomic E-state index is 0.102. The SMILES string of the molecule is N=C(N)c1ccc(C2=C(Br)[CH]CC=C2)cc1. The molecule has 1 aromatic carbocycles. The molecule has 0 heterocycles. The minimum atomic E-state index is 0.102. The van der Waals surface area contributed by atoms with Gasteiger partial charge in [0.15, 0.2) is 0 Å². The van der Waals surface area contributed by atoms with Gasteiger partial charge in [0.05, 0.1) is 0 Å². The van der Waals surface area contributed by atoms with Gasteiger partial charge in [-0.25, -0.2) is 0 Å². The van der Waals surface area contributed by atoms with E-state index in [4.69, 9.17) is 11.1 Å². The van der Waals surface area contributed by atoms with Gasteiger partial charge >= 0.3 is 0 Å². The molecule has 0 spiro atoms. The van der Waals surface area contributed by atoms with E-state index in [0.29, 0.717) is 0 Å². The number of amidine groups is 1. The molecule has 0 aliphatic heterocycles. The first kappa shape index (κ1) is 11.1. The Morgan fingerprint density at radius 2 is 1.94 bits per heavy atom. The number of hydrogen-bond acceptors (Lipinski definition) is 1. The van der Waals surface area contributed by atoms with Crippen LogP contribution in [0.5, 0.6) is 0 Å². The zero-order chi connectivity index (χ0) is 11.5. The highest BCUT2D eigenvalue weighted by Crippen LogP contribution is 2.30. The van der Waals surface area contributed by atoms with Gasteiger partial charge in [0, 0.05) is 16.5 Å². The van der Waals surface area contributed by atoms with Crippen LogP contribution in [0, 0.1) is 11.8 Å². The molecular weight excluding hydrogens is 264 g/mol. The molecule has 0 unspecified atom stereocenters. The lowest BCUT2D eigenvalue weighted by Gasteiger charge is -2.11. The van der Waals surface area contributed by atoms with E-state index in [-0.39, 0.29) is 5.84 Å². The van der Waals surface area contributed by atoms with Crippen molar-refractivity contribution in [3.63, 3.8) is 0 Å². The van der Waals surface area contributed by atoms with E-state index in [1.807, 2.05) is 24.3 Å². The van der Waals surface area contributed by atoms with Gasteiger partial charge in [-0.2, -0.15) is 0 Å². The summed E-state index contributed by atoms with van der Waals surface area (Å²) in [5.74, 6) is 0.102. The van der Waals surface area contributed by atoms with Gasteiger partial charge in [-0.1, -0.05) is 52.3 Å². The van der Waals surface area contributed by atoms with Gasteiger partial charge < -0.3 is 5.73 Å². The highest BCUT2D eigenvalue weighted by atomic mass is 79.9. The average Bonchev–Trinajstić information content (AvgIpc) is 2.30. The predicted molar refractivity (Wildman–Crippen MR) is 71.4 cm³/mol. The lowest BCUT2D eigenvalue weighted by molar-refractivity contribution is 1.26. The van der Waals surface area contributed by atoms with Crippen LogP contribution in [0.1, 0.15) is 17.5 Å². The molecule has 0 aromatic heterocycles. The van der Waals surface area contributed by atoms with Crippen LogP contribution in [0.15, 0.2) is 40.9 Å². The van der Waals surface area contributed by atoms with Crippen LogP contribution < -0.4 is 5.73 Å². The maximum atomic E-state index is 7.33. The summed E-state index contributed by atoms with van der Waals surface area (Å²) in [6.45, 7) is 0. The van der Waals surface area contributed by atoms with Crippen LogP contribution in [0.3, 0.4) is 0 Å². The molecule has 1 aliphatic rings. The van der Waals surface area contributed by atoms with Crippen molar-refractivity contribution in [1.29, 1.82) is 5.41 Å². The molecule has 81 valence electrons. The summed E-state index contributed by atoms with van der Waals surface area (Å²) in [7, 11) is 0. The zero-order valence-corrected chi connectivity index (χ0v) is 10.3. The third kappa shape index (κ3) is 2.25. The van der Waals surface area contributed by atoms with E-state index in [0.717, 1.165) is 22.0 Å². The molecule has 0 saturated carbocycles. The molecule has 1 radical (unpaired) electrons. The summed E-state index contributed by atoms with van der Waals surface area (Å²) < 4.78 is 1.12. The molecule has 0 atom stereocenters. The summed E-state index contributed by atoms with van der Waals surface area (Å²) in [6, 6.07) is 7.70. The Morgan fingerprint density at radius 1 is 1.25 bits per heavy atom. The Morgan fingerprint density at radius 3 is 2.50 bits per heavy atom. The van der Waals surface area contributed by atoms with Crippen molar-refractivity contribution >= 4 is 27.3 Å². The Labute approximate surface area is 103 Å². The first-order valence-electron chi connectivity index (χ1n) is 5.03. The minimum Gasteiger partial charge on any atom is -0.384 e. The van der Waals surface area contributed by atoms with E-state index in [1.54, 1.807) is 0 Å². The third-order valence-corrected chi connectivity index (χ3v) is 3.23. The van der Waals surface area contributed by atoms with E-state index in [9.17, 15) is 0 Å². The smallest absolute Gasteiger partial charge is 0.122 e. The first-order valence-corrected chi connectivity index (χ1v) is 5.82. The van der Waals surface area contributed by atoms with Crippen molar-refractivity contribution < 1.29 is 0 Å². The monoisotopic (exact) mass is 275 g/mol. The van der Waals surface area contributed by atoms with E-state index in [1.165, 1.54) is 5.57 Å². The largest absolute Gasteiger partial charge is 0.384 e. The van der Waals surface area contributed by atoms with Crippen LogP contribution in [-0.4, -0.2) is 5.84 Å². The molecule has 0 saturated heterocycles. The Bertz CT molecular complexity index is 469. The van der Waals surface area contributed by atoms with Crippen LogP contribution >= 0.6 is 15.9 Å². The Hall–Kier alpha value is -1.35. The maximum Gasteiger partial charge on any atom is 0.122 e. The first-order chi connectivity index (χ1) is 7.68. The fourth-order valence-electron chi connectivity index (χ4n) is 1.61. The van der Waals surface area contributed by atoms with Crippen molar-refractivity contribution in [1.82, 2.24) is 0 Å². The summed E-state index contributed by atoms with van der Waals surface area (Å²) >= 11 is 3.54. The van der Waals surface area contributed by atoms with Gasteiger partial charge in [0.2, 0.25) is 0 Å². The molecule has 1 aromatic rings. The topological polar surface area (TPSA) is 49.9 Å². The van der Waals surface area contributed by atoms with Crippen molar-refractivity contribution in [2.75, 3.05) is 0 Å². The van der Waals surface area contributed by atoms with Crippen LogP contribution in [0.25, 0.3) is 5.57 Å². The molecule has 16 heavy (non-hydrogen) atoms. The number of nitrogens with two attached hydrogens (primary N) is 1. The average molecular weight is 276 g/mol. The van der Waals surface area contributed by atoms with Gasteiger partial charge in [0.1, 0.15) is 5.84 Å². The Balaban J connectivity index is 2.35. The normalized spacial score (nSPS) is 15.3. The number of benzene rings is 1. The second-order valence-corrected chi connectivity index (χ2v) is 4.45. The van der Waals surface area contributed by atoms with Crippen LogP contribution in [0.2, 0.25) is 0 Å². The summed E-state index contributed by atoms with van der Waals surface area (Å²) in [6.07, 6.45) is 7.33. The molecule has 0 bridgehead atoms. The number of halogens is 1. The molecule has 2 nitrogen and oxygen atoms in total. The van der Waals surface area contributed by atoms with E-state index in [2.05, 4.69) is 34.5 Å². The van der Waals surface area contributed by atoms with Crippen LogP contribution in [-0.2, 0) is 0 Å². The third-order valence-electron chi connectivity index (χ3n) is 2.48. The van der Waals surface area contributed by atoms with Gasteiger partial charge in [-0.3, -0.25) is 5.41 Å². The van der Waals surface area contributed by atoms with Crippen LogP contribution in [0.4, 0.5) is 0 Å². The zero-order valence-electron chi connectivity index (χ0n) is 8.70. The van der Waals surface area contributed by atoms with Gasteiger partial charge in [-0.15, -0.1) is 0 Å². The molecule has 3 heteroatoms. The summed E-state index contributed by atoms with van der Waals surface area (Å²) in [4.78, 5) is 0. The molecule has 1 aliphatic carbocycles. The molecule has 3 N–H and O–H groups in total.